The molecule has 0 spiro atoms. The van der Waals surface area contributed by atoms with Crippen LogP contribution in [0.15, 0.2) is 67.1 Å². The van der Waals surface area contributed by atoms with Crippen molar-refractivity contribution in [3.05, 3.63) is 83.8 Å². The van der Waals surface area contributed by atoms with Crippen molar-refractivity contribution in [1.29, 1.82) is 0 Å². The minimum Gasteiger partial charge on any atom is -0.301 e. The van der Waals surface area contributed by atoms with Crippen molar-refractivity contribution in [3.63, 3.8) is 0 Å². The summed E-state index contributed by atoms with van der Waals surface area (Å²) in [5, 5.41) is 0. The largest absolute Gasteiger partial charge is 0.301 e. The number of nitrogens with zero attached hydrogens (tertiary/aromatic N) is 3. The van der Waals surface area contributed by atoms with E-state index in [2.05, 4.69) is 70.4 Å². The van der Waals surface area contributed by atoms with Gasteiger partial charge in [-0.25, -0.2) is 9.97 Å². The van der Waals surface area contributed by atoms with E-state index in [4.69, 9.17) is 0 Å². The number of hydrogen-bond acceptors (Lipinski definition) is 3. The fourth-order valence-corrected chi connectivity index (χ4v) is 3.44. The number of benzene rings is 2. The molecule has 0 unspecified atom stereocenters. The molecule has 1 aliphatic rings. The molecule has 2 heterocycles. The molecule has 114 valence electrons. The Kier molecular flexibility index (Phi) is 3.64. The Bertz CT molecular complexity index is 800. The summed E-state index contributed by atoms with van der Waals surface area (Å²) in [5.41, 5.74) is 6.35. The highest BCUT2D eigenvalue weighted by molar-refractivity contribution is 5.61. The Morgan fingerprint density at radius 3 is 2.70 bits per heavy atom. The highest BCUT2D eigenvalue weighted by atomic mass is 15.1. The second kappa shape index (κ2) is 5.94. The third-order valence-corrected chi connectivity index (χ3v) is 4.53. The molecule has 1 aliphatic heterocycles. The van der Waals surface area contributed by atoms with Crippen LogP contribution in [0.25, 0.3) is 11.3 Å². The van der Waals surface area contributed by atoms with Gasteiger partial charge in [0.05, 0.1) is 5.69 Å². The van der Waals surface area contributed by atoms with Crippen molar-refractivity contribution < 1.29 is 0 Å². The van der Waals surface area contributed by atoms with Crippen LogP contribution in [-0.2, 0) is 6.54 Å². The van der Waals surface area contributed by atoms with Crippen LogP contribution in [0.2, 0.25) is 0 Å². The van der Waals surface area contributed by atoms with Crippen LogP contribution < -0.4 is 0 Å². The first kappa shape index (κ1) is 14.1. The third-order valence-electron chi connectivity index (χ3n) is 4.53. The van der Waals surface area contributed by atoms with Gasteiger partial charge >= 0.3 is 0 Å². The summed E-state index contributed by atoms with van der Waals surface area (Å²) in [7, 11) is 2.19. The SMILES string of the molecule is CN1Cc2cc(-c3ccncn3)ccc2[C@H](c2ccccc2)C1. The van der Waals surface area contributed by atoms with Gasteiger partial charge in [-0.15, -0.1) is 0 Å². The normalized spacial score (nSPS) is 17.7. The first-order valence-corrected chi connectivity index (χ1v) is 7.94. The fraction of sp³-hybridized carbons (Fsp3) is 0.200. The van der Waals surface area contributed by atoms with Gasteiger partial charge in [-0.05, 0) is 35.9 Å². The number of fused-ring (bicyclic) bond motifs is 1. The summed E-state index contributed by atoms with van der Waals surface area (Å²) in [6.45, 7) is 2.04. The molecular formula is C20H19N3. The number of likely N-dealkylation sites (N-methyl/N-ethyl adjacent to an activating group) is 1. The molecule has 3 nitrogen and oxygen atoms in total. The predicted octanol–water partition coefficient (Wildman–Crippen LogP) is 3.72. The fourth-order valence-electron chi connectivity index (χ4n) is 3.44. The lowest BCUT2D eigenvalue weighted by atomic mass is 9.84. The minimum absolute atomic E-state index is 0.435. The van der Waals surface area contributed by atoms with Crippen molar-refractivity contribution in [2.75, 3.05) is 13.6 Å². The van der Waals surface area contributed by atoms with Crippen LogP contribution in [0.4, 0.5) is 0 Å². The van der Waals surface area contributed by atoms with Gasteiger partial charge in [-0.3, -0.25) is 0 Å². The molecule has 0 aliphatic carbocycles. The number of aromatic nitrogens is 2. The lowest BCUT2D eigenvalue weighted by molar-refractivity contribution is 0.295. The highest BCUT2D eigenvalue weighted by Gasteiger charge is 2.24. The van der Waals surface area contributed by atoms with Gasteiger partial charge in [-0.2, -0.15) is 0 Å². The van der Waals surface area contributed by atoms with Crippen LogP contribution in [0.5, 0.6) is 0 Å². The van der Waals surface area contributed by atoms with Crippen molar-refractivity contribution in [1.82, 2.24) is 14.9 Å². The van der Waals surface area contributed by atoms with E-state index in [9.17, 15) is 0 Å². The molecule has 1 aromatic heterocycles. The third kappa shape index (κ3) is 2.76. The quantitative estimate of drug-likeness (QED) is 0.722. The van der Waals surface area contributed by atoms with Gasteiger partial charge in [0.1, 0.15) is 6.33 Å². The van der Waals surface area contributed by atoms with E-state index in [-0.39, 0.29) is 0 Å². The molecule has 2 aromatic carbocycles. The van der Waals surface area contributed by atoms with Gasteiger partial charge in [0.25, 0.3) is 0 Å². The van der Waals surface area contributed by atoms with E-state index in [0.29, 0.717) is 5.92 Å². The summed E-state index contributed by atoms with van der Waals surface area (Å²) in [5.74, 6) is 0.435. The molecule has 23 heavy (non-hydrogen) atoms. The van der Waals surface area contributed by atoms with E-state index in [0.717, 1.165) is 24.3 Å². The molecule has 4 rings (SSSR count). The van der Waals surface area contributed by atoms with Gasteiger partial charge in [-0.1, -0.05) is 42.5 Å². The Balaban J connectivity index is 1.77. The zero-order valence-corrected chi connectivity index (χ0v) is 13.2. The average molecular weight is 301 g/mol. The maximum absolute atomic E-state index is 4.37. The standard InChI is InChI=1S/C20H19N3/c1-23-12-17-11-16(20-9-10-21-14-22-20)7-8-18(17)19(13-23)15-5-3-2-4-6-15/h2-11,14,19H,12-13H2,1H3/t19-/m0/s1. The van der Waals surface area contributed by atoms with Gasteiger partial charge < -0.3 is 4.90 Å². The van der Waals surface area contributed by atoms with Crippen molar-refractivity contribution in [2.45, 2.75) is 12.5 Å². The summed E-state index contributed by atoms with van der Waals surface area (Å²) in [6.07, 6.45) is 3.40. The monoisotopic (exact) mass is 301 g/mol. The van der Waals surface area contributed by atoms with Gasteiger partial charge in [0, 0.05) is 30.8 Å². The Morgan fingerprint density at radius 1 is 1.04 bits per heavy atom. The van der Waals surface area contributed by atoms with E-state index in [1.165, 1.54) is 16.7 Å². The second-order valence-electron chi connectivity index (χ2n) is 6.17. The van der Waals surface area contributed by atoms with E-state index < -0.39 is 0 Å². The molecule has 0 N–H and O–H groups in total. The Morgan fingerprint density at radius 2 is 1.91 bits per heavy atom. The zero-order valence-electron chi connectivity index (χ0n) is 13.2. The van der Waals surface area contributed by atoms with Crippen molar-refractivity contribution in [3.8, 4) is 11.3 Å². The van der Waals surface area contributed by atoms with Crippen molar-refractivity contribution >= 4 is 0 Å². The summed E-state index contributed by atoms with van der Waals surface area (Å²) >= 11 is 0. The maximum Gasteiger partial charge on any atom is 0.116 e. The van der Waals surface area contributed by atoms with Gasteiger partial charge in [0.15, 0.2) is 0 Å². The molecule has 0 radical (unpaired) electrons. The van der Waals surface area contributed by atoms with Crippen LogP contribution in [0.3, 0.4) is 0 Å². The van der Waals surface area contributed by atoms with Crippen molar-refractivity contribution in [2.24, 2.45) is 0 Å². The molecule has 3 heteroatoms. The van der Waals surface area contributed by atoms with E-state index >= 15 is 0 Å². The molecule has 0 fully saturated rings. The molecule has 3 aromatic rings. The Labute approximate surface area is 136 Å². The second-order valence-corrected chi connectivity index (χ2v) is 6.17. The molecule has 0 saturated heterocycles. The molecule has 0 saturated carbocycles. The number of rotatable bonds is 2. The summed E-state index contributed by atoms with van der Waals surface area (Å²) in [4.78, 5) is 10.8. The maximum atomic E-state index is 4.37. The topological polar surface area (TPSA) is 29.0 Å². The predicted molar refractivity (Wildman–Crippen MR) is 92.1 cm³/mol. The smallest absolute Gasteiger partial charge is 0.116 e. The van der Waals surface area contributed by atoms with Crippen LogP contribution in [0.1, 0.15) is 22.6 Å². The van der Waals surface area contributed by atoms with E-state index in [1.807, 2.05) is 6.07 Å². The summed E-state index contributed by atoms with van der Waals surface area (Å²) in [6, 6.07) is 19.5. The van der Waals surface area contributed by atoms with Crippen LogP contribution in [0, 0.1) is 0 Å². The van der Waals surface area contributed by atoms with Crippen LogP contribution >= 0.6 is 0 Å². The first-order chi connectivity index (χ1) is 11.3. The molecule has 1 atom stereocenters. The van der Waals surface area contributed by atoms with Crippen LogP contribution in [-0.4, -0.2) is 28.5 Å². The lowest BCUT2D eigenvalue weighted by Crippen LogP contribution is -2.31. The molecular weight excluding hydrogens is 282 g/mol. The Hall–Kier alpha value is -2.52. The first-order valence-electron chi connectivity index (χ1n) is 7.94. The summed E-state index contributed by atoms with van der Waals surface area (Å²) < 4.78 is 0. The highest BCUT2D eigenvalue weighted by Crippen LogP contribution is 2.34. The minimum atomic E-state index is 0.435. The van der Waals surface area contributed by atoms with E-state index in [1.54, 1.807) is 12.5 Å². The zero-order chi connectivity index (χ0) is 15.6. The molecule has 0 amide bonds. The number of hydrogen-bond donors (Lipinski definition) is 0. The van der Waals surface area contributed by atoms with Gasteiger partial charge in [0.2, 0.25) is 0 Å². The lowest BCUT2D eigenvalue weighted by Gasteiger charge is -2.33. The molecule has 0 bridgehead atoms. The average Bonchev–Trinajstić information content (AvgIpc) is 2.62.